The van der Waals surface area contributed by atoms with Gasteiger partial charge in [0, 0.05) is 49.5 Å². The summed E-state index contributed by atoms with van der Waals surface area (Å²) in [5, 5.41) is 1.13. The number of pyridine rings is 1. The summed E-state index contributed by atoms with van der Waals surface area (Å²) in [6.07, 6.45) is 7.50. The van der Waals surface area contributed by atoms with Crippen LogP contribution < -0.4 is 4.90 Å². The summed E-state index contributed by atoms with van der Waals surface area (Å²) >= 11 is 0. The van der Waals surface area contributed by atoms with Crippen LogP contribution in [0.25, 0.3) is 22.3 Å². The van der Waals surface area contributed by atoms with Crippen molar-refractivity contribution in [2.45, 2.75) is 6.92 Å². The lowest BCUT2D eigenvalue weighted by Gasteiger charge is -2.33. The number of anilines is 1. The van der Waals surface area contributed by atoms with Crippen LogP contribution >= 0.6 is 0 Å². The third kappa shape index (κ3) is 2.66. The lowest BCUT2D eigenvalue weighted by Crippen LogP contribution is -2.44. The Balaban J connectivity index is 1.68. The standard InChI is InChI=1S/C17H20N6/c1-12-8-19-17-14(12)7-13(9-20-17)15-10-18-11-16(21-15)23-5-3-22(2)4-6-23/h7-11H,3-6H2,1-2H3,(H,19,20). The minimum absolute atomic E-state index is 0.872. The minimum Gasteiger partial charge on any atom is -0.353 e. The average molecular weight is 308 g/mol. The molecule has 0 spiro atoms. The van der Waals surface area contributed by atoms with Crippen molar-refractivity contribution in [3.05, 3.63) is 36.4 Å². The van der Waals surface area contributed by atoms with E-state index in [0.717, 1.165) is 54.3 Å². The molecule has 0 saturated carbocycles. The van der Waals surface area contributed by atoms with Crippen LogP contribution in [0, 0.1) is 6.92 Å². The van der Waals surface area contributed by atoms with E-state index in [1.54, 1.807) is 0 Å². The van der Waals surface area contributed by atoms with Gasteiger partial charge < -0.3 is 14.8 Å². The third-order valence-electron chi connectivity index (χ3n) is 4.48. The summed E-state index contributed by atoms with van der Waals surface area (Å²) in [5.41, 5.74) is 3.98. The lowest BCUT2D eigenvalue weighted by atomic mass is 10.1. The fourth-order valence-corrected chi connectivity index (χ4v) is 2.96. The number of piperazine rings is 1. The zero-order valence-electron chi connectivity index (χ0n) is 13.5. The van der Waals surface area contributed by atoms with Crippen molar-refractivity contribution in [2.24, 2.45) is 0 Å². The number of rotatable bonds is 2. The Morgan fingerprint density at radius 3 is 2.74 bits per heavy atom. The van der Waals surface area contributed by atoms with Crippen molar-refractivity contribution < 1.29 is 0 Å². The van der Waals surface area contributed by atoms with Gasteiger partial charge in [-0.2, -0.15) is 0 Å². The molecule has 0 amide bonds. The van der Waals surface area contributed by atoms with Gasteiger partial charge in [-0.3, -0.25) is 4.98 Å². The first-order valence-corrected chi connectivity index (χ1v) is 7.90. The first-order valence-electron chi connectivity index (χ1n) is 7.90. The van der Waals surface area contributed by atoms with E-state index in [-0.39, 0.29) is 0 Å². The SMILES string of the molecule is Cc1c[nH]c2ncc(-c3cncc(N4CCN(C)CC4)n3)cc12. The molecular formula is C17H20N6. The Labute approximate surface area is 135 Å². The smallest absolute Gasteiger partial charge is 0.147 e. The van der Waals surface area contributed by atoms with Crippen molar-refractivity contribution in [2.75, 3.05) is 38.1 Å². The molecule has 0 atom stereocenters. The molecule has 1 aliphatic heterocycles. The molecular weight excluding hydrogens is 288 g/mol. The van der Waals surface area contributed by atoms with Crippen LogP contribution in [0.5, 0.6) is 0 Å². The van der Waals surface area contributed by atoms with E-state index in [2.05, 4.69) is 44.8 Å². The van der Waals surface area contributed by atoms with E-state index in [4.69, 9.17) is 4.98 Å². The first kappa shape index (κ1) is 14.1. The van der Waals surface area contributed by atoms with Crippen LogP contribution in [0.15, 0.2) is 30.9 Å². The number of hydrogen-bond donors (Lipinski definition) is 1. The number of nitrogens with zero attached hydrogens (tertiary/aromatic N) is 5. The molecule has 3 aromatic rings. The molecule has 6 nitrogen and oxygen atoms in total. The number of aromatic amines is 1. The summed E-state index contributed by atoms with van der Waals surface area (Å²) in [6.45, 7) is 6.17. The zero-order chi connectivity index (χ0) is 15.8. The van der Waals surface area contributed by atoms with Crippen molar-refractivity contribution in [3.63, 3.8) is 0 Å². The molecule has 1 N–H and O–H groups in total. The summed E-state index contributed by atoms with van der Waals surface area (Å²) in [5.74, 6) is 0.946. The van der Waals surface area contributed by atoms with Crippen LogP contribution in [0.1, 0.15) is 5.56 Å². The largest absolute Gasteiger partial charge is 0.353 e. The highest BCUT2D eigenvalue weighted by Gasteiger charge is 2.16. The summed E-state index contributed by atoms with van der Waals surface area (Å²) in [7, 11) is 2.15. The number of nitrogens with one attached hydrogen (secondary N) is 1. The third-order valence-corrected chi connectivity index (χ3v) is 4.48. The molecule has 0 bridgehead atoms. The molecule has 118 valence electrons. The fourth-order valence-electron chi connectivity index (χ4n) is 2.96. The van der Waals surface area contributed by atoms with Crippen molar-refractivity contribution in [1.82, 2.24) is 24.8 Å². The van der Waals surface area contributed by atoms with Gasteiger partial charge in [0.05, 0.1) is 18.1 Å². The monoisotopic (exact) mass is 308 g/mol. The van der Waals surface area contributed by atoms with Gasteiger partial charge in [0.25, 0.3) is 0 Å². The number of likely N-dealkylation sites (N-methyl/N-ethyl adjacent to an activating group) is 1. The van der Waals surface area contributed by atoms with Gasteiger partial charge in [-0.1, -0.05) is 0 Å². The van der Waals surface area contributed by atoms with E-state index < -0.39 is 0 Å². The van der Waals surface area contributed by atoms with Crippen molar-refractivity contribution >= 4 is 16.9 Å². The Bertz CT molecular complexity index is 832. The molecule has 0 aliphatic carbocycles. The summed E-state index contributed by atoms with van der Waals surface area (Å²) in [4.78, 5) is 21.5. The van der Waals surface area contributed by atoms with Crippen LogP contribution in [-0.2, 0) is 0 Å². The van der Waals surface area contributed by atoms with E-state index in [9.17, 15) is 0 Å². The topological polar surface area (TPSA) is 60.9 Å². The molecule has 1 aliphatic rings. The fraction of sp³-hybridized carbons (Fsp3) is 0.353. The first-order chi connectivity index (χ1) is 11.2. The molecule has 4 rings (SSSR count). The maximum Gasteiger partial charge on any atom is 0.147 e. The van der Waals surface area contributed by atoms with Gasteiger partial charge in [0.1, 0.15) is 11.5 Å². The Kier molecular flexibility index (Phi) is 3.46. The minimum atomic E-state index is 0.872. The number of aromatic nitrogens is 4. The molecule has 1 saturated heterocycles. The molecule has 0 radical (unpaired) electrons. The molecule has 1 fully saturated rings. The van der Waals surface area contributed by atoms with Crippen LogP contribution in [0.2, 0.25) is 0 Å². The molecule has 0 aromatic carbocycles. The van der Waals surface area contributed by atoms with Gasteiger partial charge in [-0.15, -0.1) is 0 Å². The second-order valence-corrected chi connectivity index (χ2v) is 6.14. The molecule has 3 aromatic heterocycles. The predicted octanol–water partition coefficient (Wildman–Crippen LogP) is 2.08. The van der Waals surface area contributed by atoms with Crippen molar-refractivity contribution in [3.8, 4) is 11.3 Å². The zero-order valence-corrected chi connectivity index (χ0v) is 13.5. The van der Waals surface area contributed by atoms with E-state index in [0.29, 0.717) is 0 Å². The quantitative estimate of drug-likeness (QED) is 0.785. The van der Waals surface area contributed by atoms with E-state index in [1.807, 2.05) is 24.8 Å². The number of aryl methyl sites for hydroxylation is 1. The highest BCUT2D eigenvalue weighted by molar-refractivity contribution is 5.83. The number of H-pyrrole nitrogens is 1. The van der Waals surface area contributed by atoms with Gasteiger partial charge in [0.2, 0.25) is 0 Å². The predicted molar refractivity (Wildman–Crippen MR) is 91.6 cm³/mol. The maximum atomic E-state index is 4.81. The van der Waals surface area contributed by atoms with Crippen LogP contribution in [0.4, 0.5) is 5.82 Å². The highest BCUT2D eigenvalue weighted by atomic mass is 15.3. The maximum absolute atomic E-state index is 4.81. The van der Waals surface area contributed by atoms with Crippen LogP contribution in [0.3, 0.4) is 0 Å². The van der Waals surface area contributed by atoms with Crippen molar-refractivity contribution in [1.29, 1.82) is 0 Å². The summed E-state index contributed by atoms with van der Waals surface area (Å²) < 4.78 is 0. The second-order valence-electron chi connectivity index (χ2n) is 6.14. The Hall–Kier alpha value is -2.47. The lowest BCUT2D eigenvalue weighted by molar-refractivity contribution is 0.312. The Morgan fingerprint density at radius 1 is 1.09 bits per heavy atom. The van der Waals surface area contributed by atoms with Crippen LogP contribution in [-0.4, -0.2) is 58.1 Å². The summed E-state index contributed by atoms with van der Waals surface area (Å²) in [6, 6.07) is 2.13. The van der Waals surface area contributed by atoms with Gasteiger partial charge >= 0.3 is 0 Å². The van der Waals surface area contributed by atoms with Gasteiger partial charge in [-0.25, -0.2) is 9.97 Å². The molecule has 4 heterocycles. The number of hydrogen-bond acceptors (Lipinski definition) is 5. The molecule has 6 heteroatoms. The average Bonchev–Trinajstić information content (AvgIpc) is 2.96. The molecule has 0 unspecified atom stereocenters. The van der Waals surface area contributed by atoms with E-state index >= 15 is 0 Å². The van der Waals surface area contributed by atoms with Gasteiger partial charge in [-0.05, 0) is 25.6 Å². The van der Waals surface area contributed by atoms with Gasteiger partial charge in [0.15, 0.2) is 0 Å². The molecule has 23 heavy (non-hydrogen) atoms. The van der Waals surface area contributed by atoms with E-state index in [1.165, 1.54) is 5.56 Å². The normalized spacial score (nSPS) is 16.2. The highest BCUT2D eigenvalue weighted by Crippen LogP contribution is 2.24. The number of fused-ring (bicyclic) bond motifs is 1. The second kappa shape index (κ2) is 5.62. The Morgan fingerprint density at radius 2 is 1.91 bits per heavy atom.